The zero-order chi connectivity index (χ0) is 21.8. The first-order valence-corrected chi connectivity index (χ1v) is 10.7. The molecule has 2 aromatic rings. The van der Waals surface area contributed by atoms with Gasteiger partial charge in [0.2, 0.25) is 0 Å². The molecule has 2 aliphatic rings. The van der Waals surface area contributed by atoms with Gasteiger partial charge in [-0.15, -0.1) is 0 Å². The minimum Gasteiger partial charge on any atom is -0.361 e. The maximum atomic E-state index is 13.2. The lowest BCUT2D eigenvalue weighted by atomic mass is 9.59. The van der Waals surface area contributed by atoms with Crippen molar-refractivity contribution < 1.29 is 19.2 Å². The summed E-state index contributed by atoms with van der Waals surface area (Å²) in [7, 11) is 0. The van der Waals surface area contributed by atoms with Gasteiger partial charge in [0.15, 0.2) is 0 Å². The lowest BCUT2D eigenvalue weighted by Gasteiger charge is -2.41. The second kappa shape index (κ2) is 7.00. The Hall–Kier alpha value is -2.56. The van der Waals surface area contributed by atoms with Crippen molar-refractivity contribution in [3.05, 3.63) is 36.0 Å². The normalized spacial score (nSPS) is 23.0. The first-order chi connectivity index (χ1) is 14.0. The number of carbonyl (C=O) groups is 4. The Kier molecular flexibility index (Phi) is 4.83. The highest BCUT2D eigenvalue weighted by Gasteiger charge is 2.52. The summed E-state index contributed by atoms with van der Waals surface area (Å²) >= 11 is 0. The number of H-pyrrole nitrogens is 1. The standard InChI is InChI=1S/C25H29NO4/c1-24(2)9-17(27)22(18(28)10-24)21(15-13-26-16-8-6-5-7-14(15)16)23-19(29)11-25(3,4)12-20(23)30/h5-8,13,21-23,26H,9-12H2,1-4H3. The first-order valence-electron chi connectivity index (χ1n) is 10.7. The van der Waals surface area contributed by atoms with E-state index in [-0.39, 0.29) is 48.8 Å². The third kappa shape index (κ3) is 3.55. The van der Waals surface area contributed by atoms with E-state index < -0.39 is 28.6 Å². The fraction of sp³-hybridized carbons (Fsp3) is 0.520. The molecule has 1 N–H and O–H groups in total. The first kappa shape index (κ1) is 20.7. The average Bonchev–Trinajstić information content (AvgIpc) is 3.00. The van der Waals surface area contributed by atoms with Crippen LogP contribution in [0.15, 0.2) is 30.5 Å². The van der Waals surface area contributed by atoms with E-state index in [2.05, 4.69) is 4.98 Å². The van der Waals surface area contributed by atoms with Crippen LogP contribution in [0.2, 0.25) is 0 Å². The highest BCUT2D eigenvalue weighted by atomic mass is 16.2. The maximum absolute atomic E-state index is 13.2. The molecule has 0 atom stereocenters. The Morgan fingerprint density at radius 3 is 1.67 bits per heavy atom. The molecule has 2 fully saturated rings. The van der Waals surface area contributed by atoms with E-state index in [4.69, 9.17) is 0 Å². The lowest BCUT2D eigenvalue weighted by Crippen LogP contribution is -2.48. The molecule has 0 unspecified atom stereocenters. The minimum atomic E-state index is -0.948. The van der Waals surface area contributed by atoms with Crippen molar-refractivity contribution in [1.29, 1.82) is 0 Å². The molecule has 0 amide bonds. The van der Waals surface area contributed by atoms with E-state index in [1.54, 1.807) is 6.20 Å². The molecule has 0 aliphatic heterocycles. The second-order valence-electron chi connectivity index (χ2n) is 10.7. The fourth-order valence-electron chi connectivity index (χ4n) is 5.53. The predicted molar refractivity (Wildman–Crippen MR) is 114 cm³/mol. The summed E-state index contributed by atoms with van der Waals surface area (Å²) in [6.45, 7) is 7.66. The van der Waals surface area contributed by atoms with Gasteiger partial charge < -0.3 is 4.98 Å². The highest BCUT2D eigenvalue weighted by molar-refractivity contribution is 6.11. The predicted octanol–water partition coefficient (Wildman–Crippen LogP) is 4.40. The third-order valence-electron chi connectivity index (χ3n) is 6.70. The number of carbonyl (C=O) groups excluding carboxylic acids is 4. The van der Waals surface area contributed by atoms with Gasteiger partial charge in [0.1, 0.15) is 23.1 Å². The number of hydrogen-bond acceptors (Lipinski definition) is 4. The quantitative estimate of drug-likeness (QED) is 0.764. The molecular weight excluding hydrogens is 378 g/mol. The van der Waals surface area contributed by atoms with Crippen LogP contribution in [0, 0.1) is 22.7 Å². The molecule has 1 aromatic heterocycles. The van der Waals surface area contributed by atoms with Gasteiger partial charge in [-0.05, 0) is 22.5 Å². The van der Waals surface area contributed by atoms with E-state index in [1.807, 2.05) is 52.0 Å². The number of fused-ring (bicyclic) bond motifs is 1. The fourth-order valence-corrected chi connectivity index (χ4v) is 5.53. The summed E-state index contributed by atoms with van der Waals surface area (Å²) in [4.78, 5) is 56.1. The van der Waals surface area contributed by atoms with E-state index in [1.165, 1.54) is 0 Å². The molecule has 2 aliphatic carbocycles. The number of aromatic nitrogens is 1. The van der Waals surface area contributed by atoms with E-state index in [9.17, 15) is 19.2 Å². The van der Waals surface area contributed by atoms with Crippen molar-refractivity contribution in [2.24, 2.45) is 22.7 Å². The van der Waals surface area contributed by atoms with Crippen LogP contribution in [-0.4, -0.2) is 28.1 Å². The molecule has 30 heavy (non-hydrogen) atoms. The summed E-state index contributed by atoms with van der Waals surface area (Å²) in [6.07, 6.45) is 2.90. The van der Waals surface area contributed by atoms with Crippen molar-refractivity contribution >= 4 is 34.0 Å². The van der Waals surface area contributed by atoms with Gasteiger partial charge in [-0.1, -0.05) is 45.9 Å². The molecule has 5 heteroatoms. The Morgan fingerprint density at radius 1 is 0.767 bits per heavy atom. The maximum Gasteiger partial charge on any atom is 0.144 e. The summed E-state index contributed by atoms with van der Waals surface area (Å²) in [5.41, 5.74) is 0.809. The number of ketones is 4. The monoisotopic (exact) mass is 407 g/mol. The van der Waals surface area contributed by atoms with Gasteiger partial charge in [-0.3, -0.25) is 19.2 Å². The number of aromatic amines is 1. The van der Waals surface area contributed by atoms with Crippen LogP contribution in [0.5, 0.6) is 0 Å². The third-order valence-corrected chi connectivity index (χ3v) is 6.70. The number of rotatable bonds is 3. The number of Topliss-reactive ketones (excluding diaryl/α,β-unsaturated/α-hetero) is 4. The van der Waals surface area contributed by atoms with Gasteiger partial charge in [0.05, 0.1) is 11.8 Å². The molecule has 0 spiro atoms. The number of benzene rings is 1. The summed E-state index contributed by atoms with van der Waals surface area (Å²) in [5.74, 6) is -3.26. The number of para-hydroxylation sites is 1. The Balaban J connectivity index is 1.86. The van der Waals surface area contributed by atoms with Gasteiger partial charge in [0, 0.05) is 48.7 Å². The minimum absolute atomic E-state index is 0.156. The van der Waals surface area contributed by atoms with E-state index >= 15 is 0 Å². The van der Waals surface area contributed by atoms with Crippen molar-refractivity contribution in [3.8, 4) is 0 Å². The smallest absolute Gasteiger partial charge is 0.144 e. The lowest BCUT2D eigenvalue weighted by molar-refractivity contribution is -0.145. The Morgan fingerprint density at radius 2 is 1.20 bits per heavy atom. The van der Waals surface area contributed by atoms with Gasteiger partial charge >= 0.3 is 0 Å². The van der Waals surface area contributed by atoms with Crippen molar-refractivity contribution in [3.63, 3.8) is 0 Å². The van der Waals surface area contributed by atoms with Crippen LogP contribution >= 0.6 is 0 Å². The Labute approximate surface area is 176 Å². The topological polar surface area (TPSA) is 84.1 Å². The van der Waals surface area contributed by atoms with Crippen molar-refractivity contribution in [2.45, 2.75) is 59.3 Å². The van der Waals surface area contributed by atoms with E-state index in [0.717, 1.165) is 16.5 Å². The second-order valence-corrected chi connectivity index (χ2v) is 10.7. The molecule has 1 aromatic carbocycles. The van der Waals surface area contributed by atoms with E-state index in [0.29, 0.717) is 0 Å². The molecule has 4 rings (SSSR count). The molecule has 1 heterocycles. The zero-order valence-corrected chi connectivity index (χ0v) is 18.1. The zero-order valence-electron chi connectivity index (χ0n) is 18.1. The number of hydrogen-bond donors (Lipinski definition) is 1. The van der Waals surface area contributed by atoms with Crippen molar-refractivity contribution in [2.75, 3.05) is 0 Å². The van der Waals surface area contributed by atoms with Gasteiger partial charge in [0.25, 0.3) is 0 Å². The van der Waals surface area contributed by atoms with Crippen LogP contribution < -0.4 is 0 Å². The largest absolute Gasteiger partial charge is 0.361 e. The number of nitrogens with one attached hydrogen (secondary N) is 1. The van der Waals surface area contributed by atoms with Crippen LogP contribution in [-0.2, 0) is 19.2 Å². The average molecular weight is 408 g/mol. The summed E-state index contributed by atoms with van der Waals surface area (Å²) < 4.78 is 0. The van der Waals surface area contributed by atoms with Gasteiger partial charge in [-0.2, -0.15) is 0 Å². The van der Waals surface area contributed by atoms with Gasteiger partial charge in [-0.25, -0.2) is 0 Å². The molecule has 2 saturated carbocycles. The summed E-state index contributed by atoms with van der Waals surface area (Å²) in [5, 5.41) is 0.860. The molecular formula is C25H29NO4. The highest BCUT2D eigenvalue weighted by Crippen LogP contribution is 2.48. The van der Waals surface area contributed by atoms with Crippen LogP contribution in [0.25, 0.3) is 10.9 Å². The van der Waals surface area contributed by atoms with Crippen molar-refractivity contribution in [1.82, 2.24) is 4.98 Å². The van der Waals surface area contributed by atoms with Crippen LogP contribution in [0.1, 0.15) is 64.9 Å². The molecule has 0 radical (unpaired) electrons. The molecule has 158 valence electrons. The molecule has 5 nitrogen and oxygen atoms in total. The SMILES string of the molecule is CC1(C)CC(=O)C(C(c2c[nH]c3ccccc23)C2C(=O)CC(C)(C)CC2=O)C(=O)C1. The van der Waals surface area contributed by atoms with Crippen LogP contribution in [0.3, 0.4) is 0 Å². The summed E-state index contributed by atoms with van der Waals surface area (Å²) in [6, 6.07) is 7.61. The molecule has 0 bridgehead atoms. The molecule has 0 saturated heterocycles. The van der Waals surface area contributed by atoms with Crippen LogP contribution in [0.4, 0.5) is 0 Å². The Bertz CT molecular complexity index is 970.